The van der Waals surface area contributed by atoms with Crippen molar-refractivity contribution in [3.05, 3.63) is 77.9 Å². The summed E-state index contributed by atoms with van der Waals surface area (Å²) in [4.78, 5) is 42.9. The molecule has 1 aliphatic carbocycles. The Hall–Kier alpha value is -4.18. The van der Waals surface area contributed by atoms with Gasteiger partial charge in [-0.05, 0) is 22.3 Å². The first-order chi connectivity index (χ1) is 16.9. The second-order valence-corrected chi connectivity index (χ2v) is 8.24. The second kappa shape index (κ2) is 10.8. The Morgan fingerprint density at radius 1 is 1.06 bits per heavy atom. The largest absolute Gasteiger partial charge is 0.479 e. The van der Waals surface area contributed by atoms with Crippen LogP contribution >= 0.6 is 0 Å². The molecule has 0 saturated heterocycles. The van der Waals surface area contributed by atoms with Gasteiger partial charge in [-0.15, -0.1) is 0 Å². The van der Waals surface area contributed by atoms with Crippen LogP contribution in [0.4, 0.5) is 4.79 Å². The number of ether oxygens (including phenoxy) is 1. The van der Waals surface area contributed by atoms with Gasteiger partial charge in [0.15, 0.2) is 6.10 Å². The molecule has 1 heterocycles. The first kappa shape index (κ1) is 24.0. The summed E-state index contributed by atoms with van der Waals surface area (Å²) in [5.41, 5.74) is 4.99. The summed E-state index contributed by atoms with van der Waals surface area (Å²) >= 11 is 0. The fourth-order valence-corrected chi connectivity index (χ4v) is 4.19. The van der Waals surface area contributed by atoms with Gasteiger partial charge in [-0.25, -0.2) is 14.6 Å². The number of benzene rings is 2. The van der Waals surface area contributed by atoms with Crippen molar-refractivity contribution in [1.29, 1.82) is 0 Å². The van der Waals surface area contributed by atoms with Crippen molar-refractivity contribution in [2.75, 3.05) is 13.2 Å². The molecule has 35 heavy (non-hydrogen) atoms. The van der Waals surface area contributed by atoms with E-state index in [1.54, 1.807) is 0 Å². The third kappa shape index (κ3) is 5.67. The van der Waals surface area contributed by atoms with Crippen LogP contribution in [-0.4, -0.2) is 63.4 Å². The number of alkyl carbamates (subject to hydrolysis) is 1. The Morgan fingerprint density at radius 3 is 2.31 bits per heavy atom. The van der Waals surface area contributed by atoms with Gasteiger partial charge in [0.2, 0.25) is 5.91 Å². The number of aliphatic carboxylic acids is 1. The standard InChI is InChI=1S/C25H26N4O6/c30-22(24(32)33)9-10-27-23(31)21(11-15-12-26-14-28-15)29-25(34)35-13-20-18-7-3-1-5-16(18)17-6-2-4-8-19(17)20/h1-8,12,14,20-22,30H,9-11,13H2,(H,26,28)(H,27,31)(H,29,34)(H,32,33)/t21-,22?/m1/s1. The summed E-state index contributed by atoms with van der Waals surface area (Å²) < 4.78 is 5.54. The zero-order chi connectivity index (χ0) is 24.8. The summed E-state index contributed by atoms with van der Waals surface area (Å²) in [7, 11) is 0. The average molecular weight is 479 g/mol. The number of aromatic nitrogens is 2. The molecule has 0 spiro atoms. The van der Waals surface area contributed by atoms with E-state index in [-0.39, 0.29) is 31.9 Å². The zero-order valence-electron chi connectivity index (χ0n) is 18.8. The maximum Gasteiger partial charge on any atom is 0.407 e. The quantitative estimate of drug-likeness (QED) is 0.298. The Labute approximate surface area is 201 Å². The number of hydrogen-bond donors (Lipinski definition) is 5. The van der Waals surface area contributed by atoms with Gasteiger partial charge in [0, 0.05) is 37.2 Å². The summed E-state index contributed by atoms with van der Waals surface area (Å²) in [6.07, 6.45) is 0.614. The molecule has 1 aromatic heterocycles. The van der Waals surface area contributed by atoms with E-state index in [2.05, 4.69) is 20.6 Å². The minimum Gasteiger partial charge on any atom is -0.479 e. The summed E-state index contributed by atoms with van der Waals surface area (Å²) in [6, 6.07) is 15.0. The lowest BCUT2D eigenvalue weighted by Crippen LogP contribution is -2.49. The smallest absolute Gasteiger partial charge is 0.407 e. The lowest BCUT2D eigenvalue weighted by atomic mass is 9.98. The Kier molecular flexibility index (Phi) is 7.41. The number of hydrogen-bond acceptors (Lipinski definition) is 6. The maximum atomic E-state index is 12.7. The van der Waals surface area contributed by atoms with Crippen LogP contribution < -0.4 is 10.6 Å². The normalized spacial score (nSPS) is 13.9. The Balaban J connectivity index is 1.39. The van der Waals surface area contributed by atoms with Gasteiger partial charge in [0.05, 0.1) is 6.33 Å². The van der Waals surface area contributed by atoms with Gasteiger partial charge < -0.3 is 30.6 Å². The van der Waals surface area contributed by atoms with E-state index in [1.807, 2.05) is 48.5 Å². The third-order valence-corrected chi connectivity index (χ3v) is 5.93. The van der Waals surface area contributed by atoms with E-state index in [1.165, 1.54) is 12.5 Å². The maximum absolute atomic E-state index is 12.7. The molecule has 1 unspecified atom stereocenters. The highest BCUT2D eigenvalue weighted by Crippen LogP contribution is 2.44. The van der Waals surface area contributed by atoms with Gasteiger partial charge >= 0.3 is 12.1 Å². The van der Waals surface area contributed by atoms with Crippen molar-refractivity contribution in [3.63, 3.8) is 0 Å². The monoisotopic (exact) mass is 478 g/mol. The number of carboxylic acids is 1. The minimum atomic E-state index is -1.59. The SMILES string of the molecule is O=C(N[C@H](Cc1cnc[nH]1)C(=O)NCCC(O)C(=O)O)OCC1c2ccccc2-c2ccccc21. The van der Waals surface area contributed by atoms with Crippen LogP contribution in [0.3, 0.4) is 0 Å². The van der Waals surface area contributed by atoms with Crippen molar-refractivity contribution in [2.24, 2.45) is 0 Å². The van der Waals surface area contributed by atoms with Crippen molar-refractivity contribution in [2.45, 2.75) is 30.9 Å². The highest BCUT2D eigenvalue weighted by Gasteiger charge is 2.30. The number of amides is 2. The predicted molar refractivity (Wildman–Crippen MR) is 126 cm³/mol. The third-order valence-electron chi connectivity index (χ3n) is 5.93. The molecule has 10 heteroatoms. The van der Waals surface area contributed by atoms with Crippen molar-refractivity contribution >= 4 is 18.0 Å². The lowest BCUT2D eigenvalue weighted by molar-refractivity contribution is -0.147. The molecule has 10 nitrogen and oxygen atoms in total. The highest BCUT2D eigenvalue weighted by atomic mass is 16.5. The molecule has 2 atom stereocenters. The number of aromatic amines is 1. The van der Waals surface area contributed by atoms with Gasteiger partial charge in [0.1, 0.15) is 12.6 Å². The molecule has 0 saturated carbocycles. The number of fused-ring (bicyclic) bond motifs is 3. The Bertz CT molecular complexity index is 1150. The van der Waals surface area contributed by atoms with E-state index in [4.69, 9.17) is 9.84 Å². The van der Waals surface area contributed by atoms with Crippen molar-refractivity contribution in [1.82, 2.24) is 20.6 Å². The van der Waals surface area contributed by atoms with E-state index in [0.717, 1.165) is 22.3 Å². The topological polar surface area (TPSA) is 154 Å². The van der Waals surface area contributed by atoms with Crippen LogP contribution in [0.1, 0.15) is 29.2 Å². The number of nitrogens with zero attached hydrogens (tertiary/aromatic N) is 1. The summed E-state index contributed by atoms with van der Waals surface area (Å²) in [5.74, 6) is -2.03. The number of carbonyl (C=O) groups is 3. The molecule has 2 amide bonds. The van der Waals surface area contributed by atoms with Gasteiger partial charge in [-0.3, -0.25) is 4.79 Å². The number of carboxylic acid groups (broad SMARTS) is 1. The minimum absolute atomic E-state index is 0.0713. The number of carbonyl (C=O) groups excluding carboxylic acids is 2. The number of H-pyrrole nitrogens is 1. The molecule has 0 bridgehead atoms. The average Bonchev–Trinajstić information content (AvgIpc) is 3.48. The van der Waals surface area contributed by atoms with E-state index in [9.17, 15) is 19.5 Å². The van der Waals surface area contributed by atoms with Crippen LogP contribution in [0, 0.1) is 0 Å². The van der Waals surface area contributed by atoms with Crippen LogP contribution in [0.25, 0.3) is 11.1 Å². The molecule has 1 aliphatic rings. The number of aliphatic hydroxyl groups is 1. The highest BCUT2D eigenvalue weighted by molar-refractivity contribution is 5.86. The van der Waals surface area contributed by atoms with Gasteiger partial charge in [-0.2, -0.15) is 0 Å². The lowest BCUT2D eigenvalue weighted by Gasteiger charge is -2.19. The molecule has 4 rings (SSSR count). The van der Waals surface area contributed by atoms with E-state index >= 15 is 0 Å². The second-order valence-electron chi connectivity index (χ2n) is 8.24. The molecule has 182 valence electrons. The first-order valence-electron chi connectivity index (χ1n) is 11.2. The van der Waals surface area contributed by atoms with Crippen molar-refractivity contribution in [3.8, 4) is 11.1 Å². The molecular formula is C25H26N4O6. The number of nitrogens with one attached hydrogen (secondary N) is 3. The molecular weight excluding hydrogens is 452 g/mol. The van der Waals surface area contributed by atoms with Crippen LogP contribution in [0.15, 0.2) is 61.1 Å². The van der Waals surface area contributed by atoms with Gasteiger partial charge in [-0.1, -0.05) is 48.5 Å². The summed E-state index contributed by atoms with van der Waals surface area (Å²) in [5, 5.41) is 23.3. The van der Waals surface area contributed by atoms with Gasteiger partial charge in [0.25, 0.3) is 0 Å². The number of rotatable bonds is 10. The zero-order valence-corrected chi connectivity index (χ0v) is 18.8. The number of imidazole rings is 1. The molecule has 0 aliphatic heterocycles. The van der Waals surface area contributed by atoms with Crippen LogP contribution in [-0.2, 0) is 20.7 Å². The van der Waals surface area contributed by atoms with Crippen LogP contribution in [0.2, 0.25) is 0 Å². The molecule has 2 aromatic carbocycles. The molecule has 0 fully saturated rings. The van der Waals surface area contributed by atoms with E-state index in [0.29, 0.717) is 5.69 Å². The van der Waals surface area contributed by atoms with Crippen molar-refractivity contribution < 1.29 is 29.3 Å². The molecule has 5 N–H and O–H groups in total. The number of aliphatic hydroxyl groups excluding tert-OH is 1. The Morgan fingerprint density at radius 2 is 1.71 bits per heavy atom. The first-order valence-corrected chi connectivity index (χ1v) is 11.2. The summed E-state index contributed by atoms with van der Waals surface area (Å²) in [6.45, 7) is 0.0290. The molecule has 0 radical (unpaired) electrons. The fraction of sp³-hybridized carbons (Fsp3) is 0.280. The predicted octanol–water partition coefficient (Wildman–Crippen LogP) is 1.81. The fourth-order valence-electron chi connectivity index (χ4n) is 4.19. The van der Waals surface area contributed by atoms with Crippen LogP contribution in [0.5, 0.6) is 0 Å². The van der Waals surface area contributed by atoms with E-state index < -0.39 is 30.1 Å². The molecule has 3 aromatic rings.